The molecule has 0 aliphatic heterocycles. The molecule has 0 aromatic heterocycles. The van der Waals surface area contributed by atoms with Gasteiger partial charge in [-0.1, -0.05) is 6.92 Å². The van der Waals surface area contributed by atoms with Gasteiger partial charge in [-0.2, -0.15) is 0 Å². The van der Waals surface area contributed by atoms with Gasteiger partial charge in [-0.05, 0) is 26.3 Å². The minimum Gasteiger partial charge on any atom is -0.299 e. The Hall–Kier alpha value is -0.370. The lowest BCUT2D eigenvalue weighted by Gasteiger charge is -2.16. The molecule has 10 heavy (non-hydrogen) atoms. The topological polar surface area (TPSA) is 20.3 Å². The molecule has 0 atom stereocenters. The van der Waals surface area contributed by atoms with E-state index in [4.69, 9.17) is 0 Å². The van der Waals surface area contributed by atoms with E-state index in [-0.39, 0.29) is 5.78 Å². The monoisotopic (exact) mass is 141 g/mol. The fourth-order valence-corrected chi connectivity index (χ4v) is 1.22. The minimum atomic E-state index is 0.286. The Morgan fingerprint density at radius 3 is 2.50 bits per heavy atom. The summed E-state index contributed by atoms with van der Waals surface area (Å²) in [5, 5.41) is 0. The number of hydrogen-bond acceptors (Lipinski definition) is 2. The fourth-order valence-electron chi connectivity index (χ4n) is 1.22. The number of ketones is 1. The molecule has 0 unspecified atom stereocenters. The highest BCUT2D eigenvalue weighted by Crippen LogP contribution is 2.25. The molecule has 1 aliphatic carbocycles. The molecule has 58 valence electrons. The zero-order valence-electron chi connectivity index (χ0n) is 6.76. The first-order valence-corrected chi connectivity index (χ1v) is 3.97. The lowest BCUT2D eigenvalue weighted by molar-refractivity contribution is -0.118. The molecule has 0 radical (unpaired) electrons. The molecule has 0 spiro atoms. The van der Waals surface area contributed by atoms with Crippen molar-refractivity contribution in [3.05, 3.63) is 0 Å². The Kier molecular flexibility index (Phi) is 2.44. The van der Waals surface area contributed by atoms with E-state index in [0.29, 0.717) is 6.54 Å². The average Bonchev–Trinajstić information content (AvgIpc) is 2.63. The second-order valence-electron chi connectivity index (χ2n) is 3.00. The van der Waals surface area contributed by atoms with Crippen LogP contribution in [-0.2, 0) is 4.79 Å². The fraction of sp³-hybridized carbons (Fsp3) is 0.875. The number of likely N-dealkylation sites (N-methyl/N-ethyl adjacent to an activating group) is 1. The molecule has 0 heterocycles. The van der Waals surface area contributed by atoms with Crippen molar-refractivity contribution in [3.63, 3.8) is 0 Å². The lowest BCUT2D eigenvalue weighted by atomic mass is 10.4. The summed E-state index contributed by atoms with van der Waals surface area (Å²) in [6, 6.07) is 0.730. The Balaban J connectivity index is 2.25. The lowest BCUT2D eigenvalue weighted by Crippen LogP contribution is -2.30. The summed E-state index contributed by atoms with van der Waals surface area (Å²) in [6.07, 6.45) is 2.59. The Bertz CT molecular complexity index is 129. The van der Waals surface area contributed by atoms with E-state index in [0.717, 1.165) is 12.6 Å². The van der Waals surface area contributed by atoms with Gasteiger partial charge in [0.05, 0.1) is 6.54 Å². The normalized spacial score (nSPS) is 17.9. The third-order valence-electron chi connectivity index (χ3n) is 1.90. The van der Waals surface area contributed by atoms with E-state index in [1.807, 2.05) is 0 Å². The molecule has 2 nitrogen and oxygen atoms in total. The van der Waals surface area contributed by atoms with Gasteiger partial charge in [0, 0.05) is 6.04 Å². The third-order valence-corrected chi connectivity index (χ3v) is 1.90. The first-order chi connectivity index (χ1) is 4.74. The molecule has 0 N–H and O–H groups in total. The summed E-state index contributed by atoms with van der Waals surface area (Å²) < 4.78 is 0. The number of nitrogens with zero attached hydrogens (tertiary/aromatic N) is 1. The van der Waals surface area contributed by atoms with Crippen LogP contribution in [0.5, 0.6) is 0 Å². The zero-order chi connectivity index (χ0) is 7.56. The largest absolute Gasteiger partial charge is 0.299 e. The highest BCUT2D eigenvalue weighted by Gasteiger charge is 2.27. The molecule has 1 saturated carbocycles. The molecular formula is C8H15NO. The van der Waals surface area contributed by atoms with Gasteiger partial charge in [-0.15, -0.1) is 0 Å². The molecular weight excluding hydrogens is 126 g/mol. The number of hydrogen-bond donors (Lipinski definition) is 0. The SMILES string of the molecule is CCN(CC(C)=O)C1CC1. The molecule has 0 bridgehead atoms. The quantitative estimate of drug-likeness (QED) is 0.583. The number of carbonyl (C=O) groups is 1. The molecule has 0 aromatic carbocycles. The van der Waals surface area contributed by atoms with E-state index in [1.54, 1.807) is 6.92 Å². The van der Waals surface area contributed by atoms with Crippen LogP contribution in [-0.4, -0.2) is 29.8 Å². The van der Waals surface area contributed by atoms with E-state index in [2.05, 4.69) is 11.8 Å². The minimum absolute atomic E-state index is 0.286. The maximum atomic E-state index is 10.7. The highest BCUT2D eigenvalue weighted by molar-refractivity contribution is 5.77. The molecule has 0 saturated heterocycles. The average molecular weight is 141 g/mol. The van der Waals surface area contributed by atoms with Gasteiger partial charge >= 0.3 is 0 Å². The summed E-state index contributed by atoms with van der Waals surface area (Å²) >= 11 is 0. The first kappa shape index (κ1) is 7.73. The number of Topliss-reactive ketones (excluding diaryl/α,β-unsaturated/α-hetero) is 1. The summed E-state index contributed by atoms with van der Waals surface area (Å²) in [4.78, 5) is 13.0. The molecule has 1 aliphatic rings. The van der Waals surface area contributed by atoms with Gasteiger partial charge in [-0.3, -0.25) is 9.69 Å². The molecule has 1 rings (SSSR count). The Labute approximate surface area is 62.2 Å². The standard InChI is InChI=1S/C8H15NO/c1-3-9(6-7(2)10)8-4-5-8/h8H,3-6H2,1-2H3. The van der Waals surface area contributed by atoms with Gasteiger partial charge < -0.3 is 0 Å². The Morgan fingerprint density at radius 1 is 1.60 bits per heavy atom. The first-order valence-electron chi connectivity index (χ1n) is 3.97. The van der Waals surface area contributed by atoms with Gasteiger partial charge in [0.1, 0.15) is 5.78 Å². The van der Waals surface area contributed by atoms with Gasteiger partial charge in [0.25, 0.3) is 0 Å². The van der Waals surface area contributed by atoms with Crippen molar-refractivity contribution in [2.75, 3.05) is 13.1 Å². The van der Waals surface area contributed by atoms with E-state index >= 15 is 0 Å². The van der Waals surface area contributed by atoms with E-state index in [1.165, 1.54) is 12.8 Å². The van der Waals surface area contributed by atoms with Crippen molar-refractivity contribution in [1.82, 2.24) is 4.90 Å². The number of rotatable bonds is 4. The third kappa shape index (κ3) is 2.10. The smallest absolute Gasteiger partial charge is 0.143 e. The van der Waals surface area contributed by atoms with Gasteiger partial charge in [0.2, 0.25) is 0 Å². The van der Waals surface area contributed by atoms with Crippen LogP contribution in [0.2, 0.25) is 0 Å². The Morgan fingerprint density at radius 2 is 2.20 bits per heavy atom. The van der Waals surface area contributed by atoms with Crippen molar-refractivity contribution in [3.8, 4) is 0 Å². The van der Waals surface area contributed by atoms with Crippen LogP contribution in [0.4, 0.5) is 0 Å². The van der Waals surface area contributed by atoms with Crippen molar-refractivity contribution < 1.29 is 4.79 Å². The van der Waals surface area contributed by atoms with Crippen LogP contribution in [0.3, 0.4) is 0 Å². The van der Waals surface area contributed by atoms with Crippen molar-refractivity contribution in [1.29, 1.82) is 0 Å². The van der Waals surface area contributed by atoms with Crippen LogP contribution >= 0.6 is 0 Å². The zero-order valence-corrected chi connectivity index (χ0v) is 6.76. The predicted molar refractivity (Wildman–Crippen MR) is 41.0 cm³/mol. The second-order valence-corrected chi connectivity index (χ2v) is 3.00. The second kappa shape index (κ2) is 3.15. The maximum absolute atomic E-state index is 10.7. The predicted octanol–water partition coefficient (Wildman–Crippen LogP) is 1.06. The van der Waals surface area contributed by atoms with Gasteiger partial charge in [0.15, 0.2) is 0 Å². The number of carbonyl (C=O) groups excluding carboxylic acids is 1. The van der Waals surface area contributed by atoms with Crippen LogP contribution in [0, 0.1) is 0 Å². The summed E-state index contributed by atoms with van der Waals surface area (Å²) in [5.41, 5.74) is 0. The summed E-state index contributed by atoms with van der Waals surface area (Å²) in [5.74, 6) is 0.286. The summed E-state index contributed by atoms with van der Waals surface area (Å²) in [6.45, 7) is 5.44. The van der Waals surface area contributed by atoms with E-state index in [9.17, 15) is 4.79 Å². The van der Waals surface area contributed by atoms with Crippen LogP contribution in [0.25, 0.3) is 0 Å². The van der Waals surface area contributed by atoms with Crippen LogP contribution in [0.15, 0.2) is 0 Å². The molecule has 0 amide bonds. The van der Waals surface area contributed by atoms with Crippen molar-refractivity contribution >= 4 is 5.78 Å². The van der Waals surface area contributed by atoms with Crippen molar-refractivity contribution in [2.24, 2.45) is 0 Å². The molecule has 0 aromatic rings. The molecule has 2 heteroatoms. The highest BCUT2D eigenvalue weighted by atomic mass is 16.1. The van der Waals surface area contributed by atoms with Crippen LogP contribution in [0.1, 0.15) is 26.7 Å². The maximum Gasteiger partial charge on any atom is 0.143 e. The summed E-state index contributed by atoms with van der Waals surface area (Å²) in [7, 11) is 0. The van der Waals surface area contributed by atoms with Gasteiger partial charge in [-0.25, -0.2) is 0 Å². The van der Waals surface area contributed by atoms with Crippen molar-refractivity contribution in [2.45, 2.75) is 32.7 Å². The van der Waals surface area contributed by atoms with E-state index < -0.39 is 0 Å². The molecule has 1 fully saturated rings. The van der Waals surface area contributed by atoms with Crippen LogP contribution < -0.4 is 0 Å².